The summed E-state index contributed by atoms with van der Waals surface area (Å²) in [5.41, 5.74) is 5.43. The number of thioether (sulfide) groups is 1. The Balaban J connectivity index is 1.82. The summed E-state index contributed by atoms with van der Waals surface area (Å²) in [7, 11) is 1.48. The molecule has 3 aromatic heterocycles. The van der Waals surface area contributed by atoms with Crippen LogP contribution in [0.5, 0.6) is 0 Å². The Morgan fingerprint density at radius 1 is 1.30 bits per heavy atom. The van der Waals surface area contributed by atoms with Crippen molar-refractivity contribution < 1.29 is 13.9 Å². The molecule has 12 nitrogen and oxygen atoms in total. The highest BCUT2D eigenvalue weighted by atomic mass is 32.2. The molecule has 0 aliphatic carbocycles. The fourth-order valence-corrected chi connectivity index (χ4v) is 3.64. The number of nitrogens with one attached hydrogen (secondary N) is 1. The lowest BCUT2D eigenvalue weighted by Gasteiger charge is -2.24. The van der Waals surface area contributed by atoms with Gasteiger partial charge in [0.2, 0.25) is 11.8 Å². The number of unbranched alkanes of at least 4 members (excludes halogenated alkanes) is 1. The van der Waals surface area contributed by atoms with Gasteiger partial charge >= 0.3 is 5.69 Å². The number of carbonyl (C=O) groups is 1. The van der Waals surface area contributed by atoms with E-state index in [9.17, 15) is 14.4 Å². The molecule has 33 heavy (non-hydrogen) atoms. The molecule has 176 valence electrons. The van der Waals surface area contributed by atoms with Crippen molar-refractivity contribution in [2.24, 2.45) is 0 Å². The summed E-state index contributed by atoms with van der Waals surface area (Å²) >= 11 is 1.02. The van der Waals surface area contributed by atoms with Gasteiger partial charge in [-0.05, 0) is 18.6 Å². The molecule has 0 atom stereocenters. The van der Waals surface area contributed by atoms with Crippen LogP contribution in [-0.4, -0.2) is 56.7 Å². The highest BCUT2D eigenvalue weighted by molar-refractivity contribution is 7.99. The number of ether oxygens (including phenoxy) is 1. The highest BCUT2D eigenvalue weighted by Gasteiger charge is 2.25. The topological polar surface area (TPSA) is 162 Å². The number of aromatic amines is 1. The maximum Gasteiger partial charge on any atom is 0.330 e. The molecule has 0 aliphatic heterocycles. The molecule has 0 aromatic carbocycles. The van der Waals surface area contributed by atoms with Gasteiger partial charge in [-0.25, -0.2) is 4.79 Å². The second-order valence-corrected chi connectivity index (χ2v) is 7.86. The fraction of sp³-hybridized carbons (Fsp3) is 0.400. The lowest BCUT2D eigenvalue weighted by atomic mass is 10.3. The number of nitrogens with two attached hydrogens (primary N) is 1. The van der Waals surface area contributed by atoms with Crippen LogP contribution in [0.25, 0.3) is 11.5 Å². The number of H-pyrrole nitrogens is 1. The van der Waals surface area contributed by atoms with E-state index in [1.807, 2.05) is 6.92 Å². The first kappa shape index (κ1) is 24.2. The summed E-state index contributed by atoms with van der Waals surface area (Å²) in [5.74, 6) is -0.301. The van der Waals surface area contributed by atoms with Gasteiger partial charge in [-0.3, -0.25) is 24.1 Å². The van der Waals surface area contributed by atoms with E-state index in [1.165, 1.54) is 16.6 Å². The van der Waals surface area contributed by atoms with Crippen molar-refractivity contribution in [2.45, 2.75) is 31.5 Å². The van der Waals surface area contributed by atoms with Crippen molar-refractivity contribution in [3.8, 4) is 11.5 Å². The average molecular weight is 476 g/mol. The number of methoxy groups -OCH3 is 1. The predicted molar refractivity (Wildman–Crippen MR) is 123 cm³/mol. The maximum absolute atomic E-state index is 13.1. The second kappa shape index (κ2) is 11.4. The molecular formula is C20H25N7O5S. The molecule has 0 radical (unpaired) electrons. The highest BCUT2D eigenvalue weighted by Crippen LogP contribution is 2.24. The number of carbonyl (C=O) groups excluding carboxylic acids is 1. The third-order valence-electron chi connectivity index (χ3n) is 4.69. The fourth-order valence-electron chi connectivity index (χ4n) is 3.00. The lowest BCUT2D eigenvalue weighted by molar-refractivity contribution is -0.116. The van der Waals surface area contributed by atoms with E-state index in [-0.39, 0.29) is 35.6 Å². The maximum atomic E-state index is 13.1. The molecule has 3 aromatic rings. The third kappa shape index (κ3) is 5.87. The molecule has 3 rings (SSSR count). The van der Waals surface area contributed by atoms with E-state index in [0.717, 1.165) is 18.2 Å². The minimum absolute atomic E-state index is 0.0654. The number of amides is 1. The van der Waals surface area contributed by atoms with Crippen molar-refractivity contribution in [1.82, 2.24) is 24.7 Å². The number of nitrogen functional groups attached to an aromatic ring is 1. The van der Waals surface area contributed by atoms with E-state index in [1.54, 1.807) is 24.5 Å². The van der Waals surface area contributed by atoms with Crippen LogP contribution in [0.4, 0.5) is 11.5 Å². The van der Waals surface area contributed by atoms with Crippen LogP contribution in [0.2, 0.25) is 0 Å². The number of nitrogens with zero attached hydrogens (tertiary/aromatic N) is 5. The van der Waals surface area contributed by atoms with Crippen molar-refractivity contribution in [1.29, 1.82) is 0 Å². The van der Waals surface area contributed by atoms with Gasteiger partial charge in [0.25, 0.3) is 10.8 Å². The molecule has 0 saturated carbocycles. The zero-order valence-corrected chi connectivity index (χ0v) is 19.1. The Morgan fingerprint density at radius 3 is 2.76 bits per heavy atom. The van der Waals surface area contributed by atoms with Gasteiger partial charge < -0.3 is 19.8 Å². The van der Waals surface area contributed by atoms with Crippen LogP contribution < -0.4 is 21.9 Å². The van der Waals surface area contributed by atoms with Gasteiger partial charge in [-0.1, -0.05) is 25.1 Å². The van der Waals surface area contributed by atoms with E-state index in [2.05, 4.69) is 20.2 Å². The Labute approximate surface area is 193 Å². The minimum Gasteiger partial charge on any atom is -0.411 e. The molecule has 0 unspecified atom stereocenters. The Hall–Kier alpha value is -3.45. The Bertz CT molecular complexity index is 1190. The van der Waals surface area contributed by atoms with Gasteiger partial charge in [0, 0.05) is 38.2 Å². The second-order valence-electron chi connectivity index (χ2n) is 6.93. The molecule has 3 N–H and O–H groups in total. The van der Waals surface area contributed by atoms with Crippen LogP contribution in [0.1, 0.15) is 19.8 Å². The normalized spacial score (nSPS) is 11.0. The van der Waals surface area contributed by atoms with Crippen LogP contribution in [0.15, 0.2) is 43.8 Å². The summed E-state index contributed by atoms with van der Waals surface area (Å²) in [6.45, 7) is 2.53. The molecule has 0 saturated heterocycles. The standard InChI is InChI=1S/C20H25N7O5S/c1-3-4-9-27-16(21)15(17(29)23-19(27)30)26(10-11-31-2)14(28)12-33-20-25-24-18(32-20)13-5-7-22-8-6-13/h5-8H,3-4,9-12,21H2,1-2H3,(H,23,29,30). The third-order valence-corrected chi connectivity index (χ3v) is 5.50. The van der Waals surface area contributed by atoms with Crippen LogP contribution in [0.3, 0.4) is 0 Å². The zero-order chi connectivity index (χ0) is 23.8. The van der Waals surface area contributed by atoms with Gasteiger partial charge in [0.1, 0.15) is 5.82 Å². The van der Waals surface area contributed by atoms with E-state index in [0.29, 0.717) is 24.4 Å². The number of hydrogen-bond donors (Lipinski definition) is 2. The Morgan fingerprint density at radius 2 is 2.06 bits per heavy atom. The van der Waals surface area contributed by atoms with Crippen molar-refractivity contribution >= 4 is 29.2 Å². The predicted octanol–water partition coefficient (Wildman–Crippen LogP) is 1.14. The number of aromatic nitrogens is 5. The molecular weight excluding hydrogens is 450 g/mol. The molecule has 0 bridgehead atoms. The Kier molecular flexibility index (Phi) is 8.38. The van der Waals surface area contributed by atoms with Crippen molar-refractivity contribution in [2.75, 3.05) is 36.6 Å². The van der Waals surface area contributed by atoms with Crippen LogP contribution >= 0.6 is 11.8 Å². The lowest BCUT2D eigenvalue weighted by Crippen LogP contribution is -2.43. The quantitative estimate of drug-likeness (QED) is 0.384. The molecule has 3 heterocycles. The van der Waals surface area contributed by atoms with Gasteiger partial charge in [-0.15, -0.1) is 10.2 Å². The van der Waals surface area contributed by atoms with Crippen LogP contribution in [-0.2, 0) is 16.1 Å². The molecule has 0 fully saturated rings. The minimum atomic E-state index is -0.738. The van der Waals surface area contributed by atoms with Gasteiger partial charge in [-0.2, -0.15) is 0 Å². The summed E-state index contributed by atoms with van der Waals surface area (Å²) < 4.78 is 11.9. The molecule has 1 amide bonds. The number of hydrogen-bond acceptors (Lipinski definition) is 10. The summed E-state index contributed by atoms with van der Waals surface area (Å²) in [4.78, 5) is 45.3. The monoisotopic (exact) mass is 475 g/mol. The van der Waals surface area contributed by atoms with Crippen LogP contribution in [0, 0.1) is 0 Å². The number of rotatable bonds is 11. The first-order chi connectivity index (χ1) is 16.0. The number of pyridine rings is 1. The molecule has 13 heteroatoms. The largest absolute Gasteiger partial charge is 0.411 e. The summed E-state index contributed by atoms with van der Waals surface area (Å²) in [6.07, 6.45) is 4.72. The first-order valence-electron chi connectivity index (χ1n) is 10.2. The average Bonchev–Trinajstić information content (AvgIpc) is 3.29. The number of anilines is 2. The zero-order valence-electron chi connectivity index (χ0n) is 18.3. The SMILES string of the molecule is CCCCn1c(N)c(N(CCOC)C(=O)CSc2nnc(-c3ccncc3)o2)c(=O)[nH]c1=O. The summed E-state index contributed by atoms with van der Waals surface area (Å²) in [5, 5.41) is 8.11. The summed E-state index contributed by atoms with van der Waals surface area (Å²) in [6, 6.07) is 3.45. The van der Waals surface area contributed by atoms with Gasteiger partial charge in [0.05, 0.1) is 12.4 Å². The van der Waals surface area contributed by atoms with E-state index >= 15 is 0 Å². The molecule has 0 spiro atoms. The van der Waals surface area contributed by atoms with Crippen molar-refractivity contribution in [3.63, 3.8) is 0 Å². The van der Waals surface area contributed by atoms with Gasteiger partial charge in [0.15, 0.2) is 5.69 Å². The molecule has 0 aliphatic rings. The van der Waals surface area contributed by atoms with E-state index < -0.39 is 17.2 Å². The van der Waals surface area contributed by atoms with Crippen molar-refractivity contribution in [3.05, 3.63) is 45.4 Å². The smallest absolute Gasteiger partial charge is 0.330 e. The van der Waals surface area contributed by atoms with E-state index in [4.69, 9.17) is 14.9 Å². The first-order valence-corrected chi connectivity index (χ1v) is 11.2.